The van der Waals surface area contributed by atoms with Gasteiger partial charge < -0.3 is 9.64 Å². The molecule has 16 heavy (non-hydrogen) atoms. The zero-order valence-corrected chi connectivity index (χ0v) is 11.2. The Labute approximate surface area is 106 Å². The van der Waals surface area contributed by atoms with Crippen LogP contribution >= 0.6 is 15.9 Å². The van der Waals surface area contributed by atoms with Gasteiger partial charge in [0.2, 0.25) is 0 Å². The maximum atomic E-state index is 12.3. The highest BCUT2D eigenvalue weighted by atomic mass is 79.9. The standard InChI is InChI=1S/C12H20BrNO2/c13-9-10-5-1-3-7-14(10)12(15)11-6-2-4-8-16-11/h10-11H,1-9H2. The molecule has 2 fully saturated rings. The molecular weight excluding hydrogens is 270 g/mol. The van der Waals surface area contributed by atoms with Gasteiger partial charge in [0.15, 0.2) is 0 Å². The Kier molecular flexibility index (Phi) is 4.65. The molecular formula is C12H20BrNO2. The number of rotatable bonds is 2. The van der Waals surface area contributed by atoms with Gasteiger partial charge in [0, 0.05) is 24.5 Å². The average Bonchev–Trinajstić information content (AvgIpc) is 2.39. The molecule has 2 saturated heterocycles. The normalized spacial score (nSPS) is 31.4. The van der Waals surface area contributed by atoms with Crippen LogP contribution in [-0.4, -0.2) is 41.4 Å². The summed E-state index contributed by atoms with van der Waals surface area (Å²) < 4.78 is 5.58. The molecule has 4 heteroatoms. The van der Waals surface area contributed by atoms with Gasteiger partial charge >= 0.3 is 0 Å². The fourth-order valence-corrected chi connectivity index (χ4v) is 3.24. The summed E-state index contributed by atoms with van der Waals surface area (Å²) in [6.07, 6.45) is 6.49. The van der Waals surface area contributed by atoms with Crippen molar-refractivity contribution in [3.8, 4) is 0 Å². The van der Waals surface area contributed by atoms with E-state index in [1.54, 1.807) is 0 Å². The molecule has 2 unspecified atom stereocenters. The van der Waals surface area contributed by atoms with Crippen LogP contribution < -0.4 is 0 Å². The van der Waals surface area contributed by atoms with Gasteiger partial charge in [0.1, 0.15) is 6.10 Å². The van der Waals surface area contributed by atoms with Crippen molar-refractivity contribution in [2.75, 3.05) is 18.5 Å². The van der Waals surface area contributed by atoms with Crippen molar-refractivity contribution < 1.29 is 9.53 Å². The Morgan fingerprint density at radius 2 is 2.06 bits per heavy atom. The van der Waals surface area contributed by atoms with Gasteiger partial charge in [0.05, 0.1) is 0 Å². The number of hydrogen-bond acceptors (Lipinski definition) is 2. The summed E-state index contributed by atoms with van der Waals surface area (Å²) in [5, 5.41) is 0.894. The highest BCUT2D eigenvalue weighted by Gasteiger charge is 2.32. The lowest BCUT2D eigenvalue weighted by Crippen LogP contribution is -2.50. The molecule has 0 aromatic carbocycles. The third-order valence-corrected chi connectivity index (χ3v) is 4.29. The van der Waals surface area contributed by atoms with E-state index in [4.69, 9.17) is 4.74 Å². The van der Waals surface area contributed by atoms with Crippen LogP contribution in [-0.2, 0) is 9.53 Å². The molecule has 0 saturated carbocycles. The number of nitrogens with zero attached hydrogens (tertiary/aromatic N) is 1. The monoisotopic (exact) mass is 289 g/mol. The van der Waals surface area contributed by atoms with Gasteiger partial charge in [-0.1, -0.05) is 15.9 Å². The van der Waals surface area contributed by atoms with Crippen molar-refractivity contribution in [3.05, 3.63) is 0 Å². The number of halogens is 1. The maximum Gasteiger partial charge on any atom is 0.251 e. The predicted molar refractivity (Wildman–Crippen MR) is 66.7 cm³/mol. The van der Waals surface area contributed by atoms with Crippen molar-refractivity contribution in [1.82, 2.24) is 4.90 Å². The zero-order valence-electron chi connectivity index (χ0n) is 9.66. The van der Waals surface area contributed by atoms with Crippen molar-refractivity contribution in [2.45, 2.75) is 50.7 Å². The van der Waals surface area contributed by atoms with Crippen LogP contribution in [0.1, 0.15) is 38.5 Å². The van der Waals surface area contributed by atoms with Crippen LogP contribution in [0.5, 0.6) is 0 Å². The Hall–Kier alpha value is -0.0900. The highest BCUT2D eigenvalue weighted by Crippen LogP contribution is 2.22. The Morgan fingerprint density at radius 3 is 2.75 bits per heavy atom. The summed E-state index contributed by atoms with van der Waals surface area (Å²) in [5.41, 5.74) is 0. The fourth-order valence-electron chi connectivity index (χ4n) is 2.57. The lowest BCUT2D eigenvalue weighted by Gasteiger charge is -2.37. The predicted octanol–water partition coefficient (Wildman–Crippen LogP) is 2.33. The van der Waals surface area contributed by atoms with Crippen molar-refractivity contribution in [2.24, 2.45) is 0 Å². The first-order chi connectivity index (χ1) is 7.83. The Balaban J connectivity index is 1.95. The Bertz CT molecular complexity index is 241. The van der Waals surface area contributed by atoms with Crippen molar-refractivity contribution in [1.29, 1.82) is 0 Å². The van der Waals surface area contributed by atoms with E-state index in [9.17, 15) is 4.79 Å². The van der Waals surface area contributed by atoms with Gasteiger partial charge in [-0.15, -0.1) is 0 Å². The summed E-state index contributed by atoms with van der Waals surface area (Å²) in [5.74, 6) is 0.226. The van der Waals surface area contributed by atoms with E-state index in [2.05, 4.69) is 15.9 Å². The van der Waals surface area contributed by atoms with Gasteiger partial charge in [-0.25, -0.2) is 0 Å². The molecule has 0 N–H and O–H groups in total. The van der Waals surface area contributed by atoms with Crippen LogP contribution in [0.3, 0.4) is 0 Å². The number of carbonyl (C=O) groups is 1. The number of piperidine rings is 1. The number of alkyl halides is 1. The van der Waals surface area contributed by atoms with Crippen LogP contribution in [0.4, 0.5) is 0 Å². The molecule has 0 radical (unpaired) electrons. The van der Waals surface area contributed by atoms with E-state index in [-0.39, 0.29) is 12.0 Å². The topological polar surface area (TPSA) is 29.5 Å². The number of likely N-dealkylation sites (tertiary alicyclic amines) is 1. The van der Waals surface area contributed by atoms with Gasteiger partial charge in [-0.3, -0.25) is 4.79 Å². The number of carbonyl (C=O) groups excluding carboxylic acids is 1. The average molecular weight is 290 g/mol. The van der Waals surface area contributed by atoms with E-state index in [0.29, 0.717) is 6.04 Å². The summed E-state index contributed by atoms with van der Waals surface area (Å²) >= 11 is 3.51. The first-order valence-corrected chi connectivity index (χ1v) is 7.43. The second-order valence-corrected chi connectivity index (χ2v) is 5.34. The lowest BCUT2D eigenvalue weighted by atomic mass is 10.0. The van der Waals surface area contributed by atoms with E-state index < -0.39 is 0 Å². The summed E-state index contributed by atoms with van der Waals surface area (Å²) in [6.45, 7) is 1.66. The number of ether oxygens (including phenoxy) is 1. The zero-order chi connectivity index (χ0) is 11.4. The third-order valence-electron chi connectivity index (χ3n) is 3.54. The first kappa shape index (κ1) is 12.4. The molecule has 2 aliphatic heterocycles. The second kappa shape index (κ2) is 6.01. The molecule has 2 rings (SSSR count). The smallest absolute Gasteiger partial charge is 0.251 e. The minimum absolute atomic E-state index is 0.159. The van der Waals surface area contributed by atoms with Gasteiger partial charge in [0.25, 0.3) is 5.91 Å². The quantitative estimate of drug-likeness (QED) is 0.731. The Morgan fingerprint density at radius 1 is 1.25 bits per heavy atom. The van der Waals surface area contributed by atoms with Crippen LogP contribution in [0, 0.1) is 0 Å². The van der Waals surface area contributed by atoms with E-state index in [1.807, 2.05) is 4.90 Å². The van der Waals surface area contributed by atoms with Crippen molar-refractivity contribution >= 4 is 21.8 Å². The van der Waals surface area contributed by atoms with Crippen LogP contribution in [0.15, 0.2) is 0 Å². The summed E-state index contributed by atoms with van der Waals surface area (Å²) in [7, 11) is 0. The molecule has 2 heterocycles. The lowest BCUT2D eigenvalue weighted by molar-refractivity contribution is -0.149. The number of hydrogen-bond donors (Lipinski definition) is 0. The third kappa shape index (κ3) is 2.77. The van der Waals surface area contributed by atoms with Gasteiger partial charge in [-0.2, -0.15) is 0 Å². The number of amides is 1. The molecule has 0 bridgehead atoms. The minimum Gasteiger partial charge on any atom is -0.368 e. The van der Waals surface area contributed by atoms with Crippen molar-refractivity contribution in [3.63, 3.8) is 0 Å². The summed E-state index contributed by atoms with van der Waals surface area (Å²) in [6, 6.07) is 0.381. The molecule has 2 atom stereocenters. The molecule has 0 aliphatic carbocycles. The highest BCUT2D eigenvalue weighted by molar-refractivity contribution is 9.09. The molecule has 1 amide bonds. The van der Waals surface area contributed by atoms with Crippen LogP contribution in [0.2, 0.25) is 0 Å². The largest absolute Gasteiger partial charge is 0.368 e. The van der Waals surface area contributed by atoms with Gasteiger partial charge in [-0.05, 0) is 38.5 Å². The first-order valence-electron chi connectivity index (χ1n) is 6.31. The van der Waals surface area contributed by atoms with E-state index in [1.165, 1.54) is 6.42 Å². The minimum atomic E-state index is -0.159. The molecule has 0 aromatic rings. The van der Waals surface area contributed by atoms with E-state index in [0.717, 1.165) is 50.6 Å². The fraction of sp³-hybridized carbons (Fsp3) is 0.917. The van der Waals surface area contributed by atoms with E-state index >= 15 is 0 Å². The van der Waals surface area contributed by atoms with Crippen LogP contribution in [0.25, 0.3) is 0 Å². The maximum absolute atomic E-state index is 12.3. The molecule has 3 nitrogen and oxygen atoms in total. The molecule has 0 aromatic heterocycles. The second-order valence-electron chi connectivity index (χ2n) is 4.69. The molecule has 0 spiro atoms. The molecule has 92 valence electrons. The molecule has 2 aliphatic rings. The summed E-state index contributed by atoms with van der Waals surface area (Å²) in [4.78, 5) is 14.3. The SMILES string of the molecule is O=C(C1CCCCO1)N1CCCCC1CBr.